The zero-order valence-electron chi connectivity index (χ0n) is 11.6. The molecule has 0 spiro atoms. The molecule has 0 aromatic heterocycles. The van der Waals surface area contributed by atoms with E-state index in [-0.39, 0.29) is 0 Å². The van der Waals surface area contributed by atoms with Crippen LogP contribution < -0.4 is 10.1 Å². The number of ether oxygens (including phenoxy) is 1. The summed E-state index contributed by atoms with van der Waals surface area (Å²) >= 11 is 7.03. The highest BCUT2D eigenvalue weighted by atomic mass is 79.9. The number of hydrogen-bond acceptors (Lipinski definition) is 3. The molecule has 0 aliphatic heterocycles. The lowest BCUT2D eigenvalue weighted by Gasteiger charge is -2.25. The van der Waals surface area contributed by atoms with Crippen molar-refractivity contribution in [2.24, 2.45) is 0 Å². The molecule has 5 heteroatoms. The topological polar surface area (TPSA) is 41.5 Å². The Morgan fingerprint density at radius 1 is 1.21 bits per heavy atom. The summed E-state index contributed by atoms with van der Waals surface area (Å²) in [6.45, 7) is 5.02. The first-order valence-electron chi connectivity index (χ1n) is 6.43. The molecular formula is C14H21Br2NO2. The highest BCUT2D eigenvalue weighted by molar-refractivity contribution is 9.11. The Balaban J connectivity index is 2.84. The van der Waals surface area contributed by atoms with Crippen LogP contribution in [0.15, 0.2) is 21.1 Å². The van der Waals surface area contributed by atoms with E-state index in [1.165, 1.54) is 0 Å². The maximum Gasteiger partial charge on any atom is 0.147 e. The van der Waals surface area contributed by atoms with Gasteiger partial charge in [-0.3, -0.25) is 0 Å². The molecule has 19 heavy (non-hydrogen) atoms. The summed E-state index contributed by atoms with van der Waals surface area (Å²) in [5.74, 6) is 0.736. The number of rotatable bonds is 7. The Labute approximate surface area is 132 Å². The Morgan fingerprint density at radius 2 is 1.74 bits per heavy atom. The fourth-order valence-electron chi connectivity index (χ4n) is 1.72. The van der Waals surface area contributed by atoms with Gasteiger partial charge in [-0.25, -0.2) is 0 Å². The maximum absolute atomic E-state index is 10.2. The van der Waals surface area contributed by atoms with Gasteiger partial charge in [-0.2, -0.15) is 0 Å². The molecule has 1 rings (SSSR count). The van der Waals surface area contributed by atoms with E-state index in [4.69, 9.17) is 4.74 Å². The normalized spacial score (nSPS) is 11.7. The van der Waals surface area contributed by atoms with Crippen LogP contribution in [-0.4, -0.2) is 24.4 Å². The molecule has 1 aromatic rings. The minimum atomic E-state index is -0.761. The van der Waals surface area contributed by atoms with Gasteiger partial charge in [0.05, 0.1) is 14.5 Å². The highest BCUT2D eigenvalue weighted by Gasteiger charge is 2.24. The Kier molecular flexibility index (Phi) is 6.80. The zero-order valence-corrected chi connectivity index (χ0v) is 14.8. The average Bonchev–Trinajstić information content (AvgIpc) is 2.38. The third-order valence-electron chi connectivity index (χ3n) is 3.24. The van der Waals surface area contributed by atoms with Crippen LogP contribution in [0.5, 0.6) is 5.75 Å². The number of aliphatic hydroxyl groups is 1. The molecule has 0 atom stereocenters. The van der Waals surface area contributed by atoms with E-state index in [1.807, 2.05) is 33.0 Å². The van der Waals surface area contributed by atoms with E-state index in [9.17, 15) is 5.11 Å². The fraction of sp³-hybridized carbons (Fsp3) is 0.571. The Hall–Kier alpha value is -0.100. The second kappa shape index (κ2) is 7.62. The minimum Gasteiger partial charge on any atom is -0.488 e. The van der Waals surface area contributed by atoms with Crippen molar-refractivity contribution < 1.29 is 9.84 Å². The third kappa shape index (κ3) is 4.74. The third-order valence-corrected chi connectivity index (χ3v) is 4.42. The zero-order chi connectivity index (χ0) is 14.5. The number of hydrogen-bond donors (Lipinski definition) is 2. The second-order valence-electron chi connectivity index (χ2n) is 4.64. The van der Waals surface area contributed by atoms with Crippen molar-refractivity contribution >= 4 is 31.9 Å². The van der Waals surface area contributed by atoms with Crippen molar-refractivity contribution in [2.75, 3.05) is 13.7 Å². The summed E-state index contributed by atoms with van der Waals surface area (Å²) in [5.41, 5.74) is 0.401. The summed E-state index contributed by atoms with van der Waals surface area (Å²) in [5, 5.41) is 13.4. The van der Waals surface area contributed by atoms with E-state index < -0.39 is 5.60 Å². The van der Waals surface area contributed by atoms with Crippen molar-refractivity contribution in [3.8, 4) is 5.75 Å². The standard InChI is InChI=1S/C14H21Br2NO2/c1-4-14(18,5-2)9-19-13-11(15)6-10(8-17-3)7-12(13)16/h6-7,17-18H,4-5,8-9H2,1-3H3. The molecular weight excluding hydrogens is 374 g/mol. The monoisotopic (exact) mass is 393 g/mol. The van der Waals surface area contributed by atoms with Crippen LogP contribution in [-0.2, 0) is 6.54 Å². The van der Waals surface area contributed by atoms with E-state index >= 15 is 0 Å². The van der Waals surface area contributed by atoms with Gasteiger partial charge >= 0.3 is 0 Å². The lowest BCUT2D eigenvalue weighted by Crippen LogP contribution is -2.34. The molecule has 0 amide bonds. The van der Waals surface area contributed by atoms with Gasteiger partial charge in [0, 0.05) is 6.54 Å². The molecule has 0 heterocycles. The molecule has 108 valence electrons. The smallest absolute Gasteiger partial charge is 0.147 e. The van der Waals surface area contributed by atoms with Gasteiger partial charge in [0.25, 0.3) is 0 Å². The van der Waals surface area contributed by atoms with Gasteiger partial charge < -0.3 is 15.2 Å². The van der Waals surface area contributed by atoms with Gasteiger partial charge in [0.15, 0.2) is 0 Å². The maximum atomic E-state index is 10.2. The summed E-state index contributed by atoms with van der Waals surface area (Å²) < 4.78 is 7.56. The van der Waals surface area contributed by atoms with Crippen LogP contribution in [0.2, 0.25) is 0 Å². The van der Waals surface area contributed by atoms with Crippen LogP contribution in [0.1, 0.15) is 32.3 Å². The molecule has 3 nitrogen and oxygen atoms in total. The molecule has 0 unspecified atom stereocenters. The summed E-state index contributed by atoms with van der Waals surface area (Å²) in [6, 6.07) is 4.04. The SMILES string of the molecule is CCC(O)(CC)COc1c(Br)cc(CNC)cc1Br. The molecule has 1 aromatic carbocycles. The quantitative estimate of drug-likeness (QED) is 0.737. The second-order valence-corrected chi connectivity index (χ2v) is 6.35. The number of halogens is 2. The van der Waals surface area contributed by atoms with E-state index in [0.29, 0.717) is 19.4 Å². The van der Waals surface area contributed by atoms with Crippen molar-refractivity contribution in [1.82, 2.24) is 5.32 Å². The van der Waals surface area contributed by atoms with Crippen LogP contribution in [0, 0.1) is 0 Å². The molecule has 0 aliphatic carbocycles. The molecule has 2 N–H and O–H groups in total. The van der Waals surface area contributed by atoms with Gasteiger partial charge in [-0.05, 0) is 69.4 Å². The lowest BCUT2D eigenvalue weighted by atomic mass is 9.99. The van der Waals surface area contributed by atoms with Crippen molar-refractivity contribution in [3.63, 3.8) is 0 Å². The number of nitrogens with one attached hydrogen (secondary N) is 1. The first kappa shape index (κ1) is 17.0. The molecule has 0 saturated heterocycles. The number of benzene rings is 1. The van der Waals surface area contributed by atoms with E-state index in [0.717, 1.165) is 26.8 Å². The highest BCUT2D eigenvalue weighted by Crippen LogP contribution is 2.35. The van der Waals surface area contributed by atoms with E-state index in [2.05, 4.69) is 37.2 Å². The van der Waals surface area contributed by atoms with Crippen LogP contribution in [0.4, 0.5) is 0 Å². The predicted molar refractivity (Wildman–Crippen MR) is 85.6 cm³/mol. The van der Waals surface area contributed by atoms with Crippen molar-refractivity contribution in [3.05, 3.63) is 26.6 Å². The minimum absolute atomic E-state index is 0.294. The first-order chi connectivity index (χ1) is 8.95. The molecule has 0 fully saturated rings. The summed E-state index contributed by atoms with van der Waals surface area (Å²) in [7, 11) is 1.91. The molecule has 0 bridgehead atoms. The first-order valence-corrected chi connectivity index (χ1v) is 8.02. The van der Waals surface area contributed by atoms with Crippen LogP contribution >= 0.6 is 31.9 Å². The molecule has 0 radical (unpaired) electrons. The molecule has 0 aliphatic rings. The largest absolute Gasteiger partial charge is 0.488 e. The lowest BCUT2D eigenvalue weighted by molar-refractivity contribution is -0.0117. The van der Waals surface area contributed by atoms with Gasteiger partial charge in [0.1, 0.15) is 12.4 Å². The summed E-state index contributed by atoms with van der Waals surface area (Å²) in [4.78, 5) is 0. The van der Waals surface area contributed by atoms with Gasteiger partial charge in [-0.1, -0.05) is 13.8 Å². The summed E-state index contributed by atoms with van der Waals surface area (Å²) in [6.07, 6.45) is 1.35. The van der Waals surface area contributed by atoms with Crippen LogP contribution in [0.3, 0.4) is 0 Å². The van der Waals surface area contributed by atoms with E-state index in [1.54, 1.807) is 0 Å². The molecule has 0 saturated carbocycles. The Bertz CT molecular complexity index is 397. The van der Waals surface area contributed by atoms with Gasteiger partial charge in [0.2, 0.25) is 0 Å². The fourth-order valence-corrected chi connectivity index (χ4v) is 3.23. The average molecular weight is 395 g/mol. The van der Waals surface area contributed by atoms with Gasteiger partial charge in [-0.15, -0.1) is 0 Å². The van der Waals surface area contributed by atoms with Crippen molar-refractivity contribution in [2.45, 2.75) is 38.8 Å². The predicted octanol–water partition coefficient (Wildman–Crippen LogP) is 3.86. The van der Waals surface area contributed by atoms with Crippen LogP contribution in [0.25, 0.3) is 0 Å². The Morgan fingerprint density at radius 3 is 2.16 bits per heavy atom. The van der Waals surface area contributed by atoms with Crippen molar-refractivity contribution in [1.29, 1.82) is 0 Å².